The van der Waals surface area contributed by atoms with E-state index in [0.717, 1.165) is 5.56 Å². The van der Waals surface area contributed by atoms with Gasteiger partial charge in [0.15, 0.2) is 0 Å². The first-order valence-electron chi connectivity index (χ1n) is 4.25. The van der Waals surface area contributed by atoms with Crippen LogP contribution in [0.15, 0.2) is 39.4 Å². The zero-order chi connectivity index (χ0) is 10.5. The lowest BCUT2D eigenvalue weighted by Gasteiger charge is -1.93. The summed E-state index contributed by atoms with van der Waals surface area (Å²) in [7, 11) is 0. The van der Waals surface area contributed by atoms with Gasteiger partial charge in [0.25, 0.3) is 5.91 Å². The summed E-state index contributed by atoms with van der Waals surface area (Å²) in [5.41, 5.74) is 3.46. The molecule has 0 saturated heterocycles. The fourth-order valence-electron chi connectivity index (χ4n) is 0.977. The van der Waals surface area contributed by atoms with Gasteiger partial charge in [-0.2, -0.15) is 16.4 Å². The first-order chi connectivity index (χ1) is 7.36. The molecular weight excluding hydrogens is 228 g/mol. The average Bonchev–Trinajstić information content (AvgIpc) is 2.90. The number of hydrazone groups is 1. The minimum atomic E-state index is -0.170. The predicted octanol–water partition coefficient (Wildman–Crippen LogP) is 2.57. The van der Waals surface area contributed by atoms with Crippen molar-refractivity contribution in [2.24, 2.45) is 5.10 Å². The van der Waals surface area contributed by atoms with Gasteiger partial charge in [0.2, 0.25) is 0 Å². The van der Waals surface area contributed by atoms with Gasteiger partial charge in [0.05, 0.1) is 11.1 Å². The molecule has 0 aliphatic heterocycles. The molecule has 0 radical (unpaired) electrons. The van der Waals surface area contributed by atoms with Gasteiger partial charge in [0.1, 0.15) is 0 Å². The van der Waals surface area contributed by atoms with Crippen LogP contribution < -0.4 is 5.43 Å². The molecule has 5 heteroatoms. The van der Waals surface area contributed by atoms with Crippen molar-refractivity contribution in [1.82, 2.24) is 5.43 Å². The SMILES string of the molecule is O=C(NN=Cc1ccsc1)c1cccs1. The summed E-state index contributed by atoms with van der Waals surface area (Å²) in [5.74, 6) is -0.170. The van der Waals surface area contributed by atoms with Gasteiger partial charge in [-0.15, -0.1) is 11.3 Å². The first kappa shape index (κ1) is 10.1. The maximum atomic E-state index is 11.4. The lowest BCUT2D eigenvalue weighted by atomic mass is 10.4. The van der Waals surface area contributed by atoms with E-state index in [2.05, 4.69) is 10.5 Å². The third-order valence-electron chi connectivity index (χ3n) is 1.67. The van der Waals surface area contributed by atoms with Crippen LogP contribution in [0.4, 0.5) is 0 Å². The summed E-state index contributed by atoms with van der Waals surface area (Å²) < 4.78 is 0. The zero-order valence-corrected chi connectivity index (χ0v) is 9.35. The lowest BCUT2D eigenvalue weighted by Crippen LogP contribution is -2.15. The second-order valence-electron chi connectivity index (χ2n) is 2.73. The summed E-state index contributed by atoms with van der Waals surface area (Å²) in [5, 5.41) is 9.64. The van der Waals surface area contributed by atoms with Crippen molar-refractivity contribution in [3.05, 3.63) is 44.8 Å². The molecule has 2 heterocycles. The number of hydrogen-bond donors (Lipinski definition) is 1. The minimum Gasteiger partial charge on any atom is -0.266 e. The molecule has 2 rings (SSSR count). The number of carbonyl (C=O) groups is 1. The van der Waals surface area contributed by atoms with Crippen molar-refractivity contribution in [3.63, 3.8) is 0 Å². The molecule has 1 N–H and O–H groups in total. The summed E-state index contributed by atoms with van der Waals surface area (Å²) in [4.78, 5) is 12.1. The van der Waals surface area contributed by atoms with E-state index in [4.69, 9.17) is 0 Å². The number of hydrogen-bond acceptors (Lipinski definition) is 4. The Morgan fingerprint density at radius 1 is 1.40 bits per heavy atom. The predicted molar refractivity (Wildman–Crippen MR) is 63.7 cm³/mol. The van der Waals surface area contributed by atoms with Crippen LogP contribution in [0.2, 0.25) is 0 Å². The van der Waals surface area contributed by atoms with E-state index in [0.29, 0.717) is 4.88 Å². The molecule has 0 saturated carbocycles. The van der Waals surface area contributed by atoms with Crippen molar-refractivity contribution in [2.45, 2.75) is 0 Å². The Labute approximate surface area is 95.1 Å². The lowest BCUT2D eigenvalue weighted by molar-refractivity contribution is 0.0959. The molecule has 0 spiro atoms. The van der Waals surface area contributed by atoms with Crippen molar-refractivity contribution in [2.75, 3.05) is 0 Å². The second kappa shape index (κ2) is 4.86. The van der Waals surface area contributed by atoms with Crippen LogP contribution in [0.1, 0.15) is 15.2 Å². The molecule has 0 aromatic carbocycles. The number of amides is 1. The fourth-order valence-corrected chi connectivity index (χ4v) is 2.20. The van der Waals surface area contributed by atoms with Crippen molar-refractivity contribution in [3.8, 4) is 0 Å². The molecule has 0 unspecified atom stereocenters. The molecule has 0 atom stereocenters. The molecule has 2 aromatic heterocycles. The van der Waals surface area contributed by atoms with Gasteiger partial charge in [-0.1, -0.05) is 6.07 Å². The van der Waals surface area contributed by atoms with Gasteiger partial charge in [-0.05, 0) is 28.3 Å². The van der Waals surface area contributed by atoms with Crippen LogP contribution in [0.25, 0.3) is 0 Å². The molecule has 1 amide bonds. The molecule has 0 bridgehead atoms. The normalized spacial score (nSPS) is 10.7. The van der Waals surface area contributed by atoms with E-state index in [-0.39, 0.29) is 5.91 Å². The van der Waals surface area contributed by atoms with E-state index < -0.39 is 0 Å². The average molecular weight is 236 g/mol. The topological polar surface area (TPSA) is 41.5 Å². The van der Waals surface area contributed by atoms with Crippen LogP contribution in [0.5, 0.6) is 0 Å². The summed E-state index contributed by atoms with van der Waals surface area (Å²) in [6, 6.07) is 5.54. The number of thiophene rings is 2. The highest BCUT2D eigenvalue weighted by molar-refractivity contribution is 7.12. The maximum absolute atomic E-state index is 11.4. The Hall–Kier alpha value is -1.46. The van der Waals surface area contributed by atoms with E-state index in [1.807, 2.05) is 28.3 Å². The molecule has 76 valence electrons. The Kier molecular flexibility index (Phi) is 3.26. The van der Waals surface area contributed by atoms with Crippen molar-refractivity contribution in [1.29, 1.82) is 0 Å². The van der Waals surface area contributed by atoms with E-state index >= 15 is 0 Å². The number of carbonyl (C=O) groups excluding carboxylic acids is 1. The molecule has 0 fully saturated rings. The molecular formula is C10H8N2OS2. The highest BCUT2D eigenvalue weighted by Gasteiger charge is 2.03. The van der Waals surface area contributed by atoms with Gasteiger partial charge in [-0.25, -0.2) is 5.43 Å². The Balaban J connectivity index is 1.91. The number of nitrogens with zero attached hydrogens (tertiary/aromatic N) is 1. The maximum Gasteiger partial charge on any atom is 0.281 e. The van der Waals surface area contributed by atoms with E-state index in [1.54, 1.807) is 23.6 Å². The number of nitrogens with one attached hydrogen (secondary N) is 1. The number of rotatable bonds is 3. The summed E-state index contributed by atoms with van der Waals surface area (Å²) in [6.45, 7) is 0. The van der Waals surface area contributed by atoms with Crippen LogP contribution in [-0.2, 0) is 0 Å². The molecule has 3 nitrogen and oxygen atoms in total. The van der Waals surface area contributed by atoms with Crippen LogP contribution in [0.3, 0.4) is 0 Å². The third kappa shape index (κ3) is 2.74. The van der Waals surface area contributed by atoms with Crippen LogP contribution in [-0.4, -0.2) is 12.1 Å². The fraction of sp³-hybridized carbons (Fsp3) is 0. The van der Waals surface area contributed by atoms with E-state index in [1.165, 1.54) is 11.3 Å². The van der Waals surface area contributed by atoms with Crippen molar-refractivity contribution < 1.29 is 4.79 Å². The van der Waals surface area contributed by atoms with Gasteiger partial charge in [-0.3, -0.25) is 4.79 Å². The molecule has 2 aromatic rings. The Morgan fingerprint density at radius 3 is 3.00 bits per heavy atom. The largest absolute Gasteiger partial charge is 0.281 e. The minimum absolute atomic E-state index is 0.170. The third-order valence-corrected chi connectivity index (χ3v) is 3.24. The first-order valence-corrected chi connectivity index (χ1v) is 6.07. The van der Waals surface area contributed by atoms with Gasteiger partial charge >= 0.3 is 0 Å². The summed E-state index contributed by atoms with van der Waals surface area (Å²) in [6.07, 6.45) is 1.63. The Bertz CT molecular complexity index is 446. The van der Waals surface area contributed by atoms with Gasteiger partial charge in [0, 0.05) is 5.56 Å². The monoisotopic (exact) mass is 236 g/mol. The Morgan fingerprint density at radius 2 is 2.33 bits per heavy atom. The standard InChI is InChI=1S/C10H8N2OS2/c13-10(9-2-1-4-15-9)12-11-6-8-3-5-14-7-8/h1-7H,(H,12,13). The highest BCUT2D eigenvalue weighted by atomic mass is 32.1. The molecule has 0 aliphatic rings. The zero-order valence-electron chi connectivity index (χ0n) is 7.71. The molecule has 15 heavy (non-hydrogen) atoms. The summed E-state index contributed by atoms with van der Waals surface area (Å²) >= 11 is 2.99. The quantitative estimate of drug-likeness (QED) is 0.646. The van der Waals surface area contributed by atoms with Crippen LogP contribution in [0, 0.1) is 0 Å². The smallest absolute Gasteiger partial charge is 0.266 e. The van der Waals surface area contributed by atoms with E-state index in [9.17, 15) is 4.79 Å². The van der Waals surface area contributed by atoms with Crippen molar-refractivity contribution >= 4 is 34.8 Å². The highest BCUT2D eigenvalue weighted by Crippen LogP contribution is 2.07. The van der Waals surface area contributed by atoms with Crippen LogP contribution >= 0.6 is 22.7 Å². The van der Waals surface area contributed by atoms with Gasteiger partial charge < -0.3 is 0 Å². The second-order valence-corrected chi connectivity index (χ2v) is 4.46. The molecule has 0 aliphatic carbocycles.